The number of piperazine rings is 1. The Labute approximate surface area is 55.5 Å². The number of hydrogen-bond donors (Lipinski definition) is 2. The highest BCUT2D eigenvalue weighted by molar-refractivity contribution is 4.78. The third-order valence-corrected chi connectivity index (χ3v) is 1.56. The minimum absolute atomic E-state index is 0.124. The molecule has 2 N–H and O–H groups in total. The lowest BCUT2D eigenvalue weighted by molar-refractivity contribution is 0.134. The van der Waals surface area contributed by atoms with Crippen LogP contribution in [0.4, 0.5) is 0 Å². The first-order valence-corrected chi connectivity index (χ1v) is 3.36. The van der Waals surface area contributed by atoms with E-state index in [1.54, 1.807) is 6.92 Å². The van der Waals surface area contributed by atoms with Gasteiger partial charge in [-0.3, -0.25) is 0 Å². The Kier molecular flexibility index (Phi) is 2.45. The molecule has 0 aliphatic carbocycles. The van der Waals surface area contributed by atoms with Crippen molar-refractivity contribution in [2.24, 2.45) is 0 Å². The second kappa shape index (κ2) is 3.15. The zero-order valence-corrected chi connectivity index (χ0v) is 5.67. The van der Waals surface area contributed by atoms with E-state index in [1.807, 2.05) is 0 Å². The van der Waals surface area contributed by atoms with E-state index in [4.69, 9.17) is 5.11 Å². The average Bonchev–Trinajstić information content (AvgIpc) is 1.90. The van der Waals surface area contributed by atoms with Crippen LogP contribution >= 0.6 is 0 Å². The first-order chi connectivity index (χ1) is 4.30. The number of hydrogen-bond acceptors (Lipinski definition) is 2. The first-order valence-electron chi connectivity index (χ1n) is 3.36. The fraction of sp³-hybridized carbons (Fsp3) is 1.00. The molecule has 1 aliphatic heterocycles. The van der Waals surface area contributed by atoms with Gasteiger partial charge >= 0.3 is 0 Å². The Morgan fingerprint density at radius 3 is 2.89 bits per heavy atom. The Bertz CT molecular complexity index is 79.1. The summed E-state index contributed by atoms with van der Waals surface area (Å²) in [5.74, 6) is 0. The van der Waals surface area contributed by atoms with Crippen LogP contribution in [0.3, 0.4) is 0 Å². The Morgan fingerprint density at radius 1 is 1.78 bits per heavy atom. The molecule has 1 heterocycles. The molecular formula is C6H13N2O. The second-order valence-corrected chi connectivity index (χ2v) is 2.42. The molecule has 0 aromatic heterocycles. The lowest BCUT2D eigenvalue weighted by atomic mass is 10.1. The maximum absolute atomic E-state index is 9.04. The highest BCUT2D eigenvalue weighted by atomic mass is 16.3. The smallest absolute Gasteiger partial charge is 0.0693 e. The van der Waals surface area contributed by atoms with E-state index in [9.17, 15) is 0 Å². The van der Waals surface area contributed by atoms with E-state index < -0.39 is 0 Å². The zero-order chi connectivity index (χ0) is 6.69. The van der Waals surface area contributed by atoms with Crippen LogP contribution in [0.1, 0.15) is 6.92 Å². The van der Waals surface area contributed by atoms with Gasteiger partial charge in [-0.15, -0.1) is 0 Å². The zero-order valence-electron chi connectivity index (χ0n) is 5.67. The summed E-state index contributed by atoms with van der Waals surface area (Å²) in [7, 11) is 0. The summed E-state index contributed by atoms with van der Waals surface area (Å²) in [6.07, 6.45) is -0.294. The van der Waals surface area contributed by atoms with Crippen LogP contribution < -0.4 is 10.6 Å². The van der Waals surface area contributed by atoms with Crippen LogP contribution in [0.25, 0.3) is 0 Å². The Hall–Kier alpha value is -0.120. The molecule has 0 aromatic carbocycles. The quantitative estimate of drug-likeness (QED) is 0.474. The summed E-state index contributed by atoms with van der Waals surface area (Å²) in [5.41, 5.74) is 0. The third-order valence-electron chi connectivity index (χ3n) is 1.56. The van der Waals surface area contributed by atoms with Crippen molar-refractivity contribution in [1.29, 1.82) is 0 Å². The van der Waals surface area contributed by atoms with E-state index in [2.05, 4.69) is 10.6 Å². The highest BCUT2D eigenvalue weighted by Gasteiger charge is 2.17. The first kappa shape index (κ1) is 6.99. The average molecular weight is 129 g/mol. The van der Waals surface area contributed by atoms with Gasteiger partial charge in [0.1, 0.15) is 0 Å². The lowest BCUT2D eigenvalue weighted by Crippen LogP contribution is -2.49. The van der Waals surface area contributed by atoms with E-state index in [0.29, 0.717) is 0 Å². The van der Waals surface area contributed by atoms with Crippen LogP contribution in [-0.2, 0) is 0 Å². The predicted molar refractivity (Wildman–Crippen MR) is 35.3 cm³/mol. The van der Waals surface area contributed by atoms with Gasteiger partial charge in [-0.25, -0.2) is 5.32 Å². The molecule has 1 radical (unpaired) electrons. The number of nitrogens with one attached hydrogen (secondary N) is 1. The molecule has 1 saturated heterocycles. The molecule has 2 atom stereocenters. The van der Waals surface area contributed by atoms with Gasteiger partial charge in [0.2, 0.25) is 0 Å². The summed E-state index contributed by atoms with van der Waals surface area (Å²) < 4.78 is 0. The fourth-order valence-electron chi connectivity index (χ4n) is 0.947. The molecule has 2 unspecified atom stereocenters. The molecule has 1 rings (SSSR count). The normalized spacial score (nSPS) is 32.0. The van der Waals surface area contributed by atoms with Crippen molar-refractivity contribution in [2.75, 3.05) is 19.6 Å². The van der Waals surface area contributed by atoms with Gasteiger partial charge in [-0.05, 0) is 6.92 Å². The highest BCUT2D eigenvalue weighted by Crippen LogP contribution is 1.94. The Balaban J connectivity index is 2.23. The van der Waals surface area contributed by atoms with Gasteiger partial charge in [0.25, 0.3) is 0 Å². The van der Waals surface area contributed by atoms with Crippen LogP contribution in [0.5, 0.6) is 0 Å². The maximum Gasteiger partial charge on any atom is 0.0693 e. The van der Waals surface area contributed by atoms with Gasteiger partial charge in [0, 0.05) is 19.6 Å². The number of aliphatic hydroxyl groups excluding tert-OH is 1. The van der Waals surface area contributed by atoms with Crippen LogP contribution in [-0.4, -0.2) is 36.9 Å². The lowest BCUT2D eigenvalue weighted by Gasteiger charge is -2.24. The molecule has 3 heteroatoms. The Morgan fingerprint density at radius 2 is 2.56 bits per heavy atom. The summed E-state index contributed by atoms with van der Waals surface area (Å²) in [5, 5.41) is 16.4. The SMILES string of the molecule is CC(O)C1CNCC[N]1. The van der Waals surface area contributed by atoms with Gasteiger partial charge in [-0.2, -0.15) is 0 Å². The van der Waals surface area contributed by atoms with Crippen LogP contribution in [0.2, 0.25) is 0 Å². The predicted octanol–water partition coefficient (Wildman–Crippen LogP) is -1.06. The molecule has 0 spiro atoms. The molecule has 9 heavy (non-hydrogen) atoms. The summed E-state index contributed by atoms with van der Waals surface area (Å²) in [6.45, 7) is 4.41. The number of aliphatic hydroxyl groups is 1. The van der Waals surface area contributed by atoms with Crippen LogP contribution in [0, 0.1) is 0 Å². The maximum atomic E-state index is 9.04. The second-order valence-electron chi connectivity index (χ2n) is 2.42. The van der Waals surface area contributed by atoms with Crippen LogP contribution in [0.15, 0.2) is 0 Å². The molecule has 3 nitrogen and oxygen atoms in total. The number of nitrogens with zero attached hydrogens (tertiary/aromatic N) is 1. The standard InChI is InChI=1S/C6H13N2O/c1-5(9)6-4-7-2-3-8-6/h5-7,9H,2-4H2,1H3. The molecule has 0 amide bonds. The van der Waals surface area contributed by atoms with Crippen molar-refractivity contribution in [3.8, 4) is 0 Å². The minimum Gasteiger partial charge on any atom is -0.392 e. The molecule has 0 aromatic rings. The van der Waals surface area contributed by atoms with Crippen molar-refractivity contribution in [3.63, 3.8) is 0 Å². The van der Waals surface area contributed by atoms with Gasteiger partial charge in [-0.1, -0.05) is 0 Å². The summed E-state index contributed by atoms with van der Waals surface area (Å²) >= 11 is 0. The van der Waals surface area contributed by atoms with Gasteiger partial charge in [0.15, 0.2) is 0 Å². The van der Waals surface area contributed by atoms with Gasteiger partial charge in [0.05, 0.1) is 12.1 Å². The molecule has 1 fully saturated rings. The summed E-state index contributed by atoms with van der Waals surface area (Å²) in [4.78, 5) is 0. The topological polar surface area (TPSA) is 46.4 Å². The van der Waals surface area contributed by atoms with Crippen molar-refractivity contribution < 1.29 is 5.11 Å². The van der Waals surface area contributed by atoms with Crippen molar-refractivity contribution in [1.82, 2.24) is 10.6 Å². The molecule has 1 aliphatic rings. The van der Waals surface area contributed by atoms with Crippen molar-refractivity contribution in [2.45, 2.75) is 19.1 Å². The molecular weight excluding hydrogens is 116 g/mol. The van der Waals surface area contributed by atoms with Crippen molar-refractivity contribution in [3.05, 3.63) is 0 Å². The van der Waals surface area contributed by atoms with E-state index in [-0.39, 0.29) is 12.1 Å². The van der Waals surface area contributed by atoms with E-state index in [0.717, 1.165) is 19.6 Å². The minimum atomic E-state index is -0.294. The third kappa shape index (κ3) is 1.93. The molecule has 53 valence electrons. The number of rotatable bonds is 1. The monoisotopic (exact) mass is 129 g/mol. The fourth-order valence-corrected chi connectivity index (χ4v) is 0.947. The largest absolute Gasteiger partial charge is 0.392 e. The van der Waals surface area contributed by atoms with E-state index >= 15 is 0 Å². The van der Waals surface area contributed by atoms with E-state index in [1.165, 1.54) is 0 Å². The van der Waals surface area contributed by atoms with Gasteiger partial charge < -0.3 is 10.4 Å². The molecule has 0 saturated carbocycles. The molecule has 0 bridgehead atoms. The van der Waals surface area contributed by atoms with Crippen molar-refractivity contribution >= 4 is 0 Å². The summed E-state index contributed by atoms with van der Waals surface area (Å²) in [6, 6.07) is 0.124.